The van der Waals surface area contributed by atoms with Gasteiger partial charge < -0.3 is 15.3 Å². The second kappa shape index (κ2) is 6.27. The van der Waals surface area contributed by atoms with Crippen molar-refractivity contribution < 1.29 is 9.90 Å². The third kappa shape index (κ3) is 2.80. The number of carbonyl (C=O) groups is 1. The molecule has 4 nitrogen and oxygen atoms in total. The number of aliphatic hydroxyl groups is 1. The Hall–Kier alpha value is -1.55. The van der Waals surface area contributed by atoms with Gasteiger partial charge in [-0.05, 0) is 38.3 Å². The highest BCUT2D eigenvalue weighted by atomic mass is 16.3. The van der Waals surface area contributed by atoms with E-state index in [0.29, 0.717) is 11.5 Å². The van der Waals surface area contributed by atoms with Crippen molar-refractivity contribution in [3.8, 4) is 0 Å². The van der Waals surface area contributed by atoms with Gasteiger partial charge in [0.15, 0.2) is 0 Å². The van der Waals surface area contributed by atoms with Crippen LogP contribution in [0.25, 0.3) is 0 Å². The third-order valence-corrected chi connectivity index (χ3v) is 4.10. The molecule has 1 heterocycles. The molecule has 2 atom stereocenters. The van der Waals surface area contributed by atoms with Gasteiger partial charge >= 0.3 is 0 Å². The van der Waals surface area contributed by atoms with Crippen LogP contribution in [0.4, 0.5) is 5.69 Å². The molecule has 1 amide bonds. The van der Waals surface area contributed by atoms with Crippen LogP contribution in [0, 0.1) is 12.8 Å². The summed E-state index contributed by atoms with van der Waals surface area (Å²) in [7, 11) is 0. The van der Waals surface area contributed by atoms with Crippen molar-refractivity contribution in [1.82, 2.24) is 4.90 Å². The minimum Gasteiger partial charge on any atom is -0.394 e. The number of aryl methyl sites for hydroxylation is 1. The summed E-state index contributed by atoms with van der Waals surface area (Å²) >= 11 is 0. The van der Waals surface area contributed by atoms with Gasteiger partial charge in [0.25, 0.3) is 5.91 Å². The summed E-state index contributed by atoms with van der Waals surface area (Å²) in [5.74, 6) is 0.379. The zero-order chi connectivity index (χ0) is 14.7. The molecule has 0 aliphatic carbocycles. The molecule has 110 valence electrons. The number of hydrogen-bond acceptors (Lipinski definition) is 3. The summed E-state index contributed by atoms with van der Waals surface area (Å²) in [6.45, 7) is 7.64. The highest BCUT2D eigenvalue weighted by molar-refractivity contribution is 6.00. The van der Waals surface area contributed by atoms with E-state index in [1.165, 1.54) is 0 Å². The summed E-state index contributed by atoms with van der Waals surface area (Å²) in [6, 6.07) is 5.83. The minimum atomic E-state index is -0.0579. The van der Waals surface area contributed by atoms with Crippen molar-refractivity contribution in [2.45, 2.75) is 33.2 Å². The topological polar surface area (TPSA) is 52.6 Å². The smallest absolute Gasteiger partial charge is 0.256 e. The largest absolute Gasteiger partial charge is 0.394 e. The Labute approximate surface area is 120 Å². The van der Waals surface area contributed by atoms with Gasteiger partial charge in [-0.3, -0.25) is 4.79 Å². The second-order valence-electron chi connectivity index (χ2n) is 5.59. The highest BCUT2D eigenvalue weighted by Gasteiger charge is 2.34. The fourth-order valence-corrected chi connectivity index (χ4v) is 2.87. The zero-order valence-corrected chi connectivity index (χ0v) is 12.5. The van der Waals surface area contributed by atoms with Crippen LogP contribution >= 0.6 is 0 Å². The average Bonchev–Trinajstić information content (AvgIpc) is 2.81. The predicted molar refractivity (Wildman–Crippen MR) is 81.0 cm³/mol. The molecule has 0 radical (unpaired) electrons. The molecule has 0 bridgehead atoms. The van der Waals surface area contributed by atoms with E-state index >= 15 is 0 Å². The van der Waals surface area contributed by atoms with Gasteiger partial charge in [0, 0.05) is 18.8 Å². The molecule has 0 saturated carbocycles. The fraction of sp³-hybridized carbons (Fsp3) is 0.562. The molecule has 4 heteroatoms. The van der Waals surface area contributed by atoms with Gasteiger partial charge in [-0.25, -0.2) is 0 Å². The van der Waals surface area contributed by atoms with Crippen molar-refractivity contribution in [3.05, 3.63) is 29.3 Å². The van der Waals surface area contributed by atoms with Crippen LogP contribution in [0.2, 0.25) is 0 Å². The molecular formula is C16H24N2O2. The number of benzene rings is 1. The number of nitrogens with one attached hydrogen (secondary N) is 1. The van der Waals surface area contributed by atoms with Gasteiger partial charge in [-0.2, -0.15) is 0 Å². The van der Waals surface area contributed by atoms with Crippen LogP contribution in [0.1, 0.15) is 36.2 Å². The summed E-state index contributed by atoms with van der Waals surface area (Å²) in [4.78, 5) is 14.6. The first-order valence-corrected chi connectivity index (χ1v) is 7.34. The molecule has 2 unspecified atom stereocenters. The molecule has 1 aromatic carbocycles. The highest BCUT2D eigenvalue weighted by Crippen LogP contribution is 2.28. The average molecular weight is 276 g/mol. The molecule has 1 aromatic rings. The Bertz CT molecular complexity index is 487. The van der Waals surface area contributed by atoms with Crippen molar-refractivity contribution in [3.63, 3.8) is 0 Å². The molecule has 1 saturated heterocycles. The van der Waals surface area contributed by atoms with Gasteiger partial charge in [-0.1, -0.05) is 18.6 Å². The van der Waals surface area contributed by atoms with Crippen molar-refractivity contribution in [2.75, 3.05) is 25.0 Å². The summed E-state index contributed by atoms with van der Waals surface area (Å²) < 4.78 is 0. The number of amides is 1. The Morgan fingerprint density at radius 2 is 2.25 bits per heavy atom. The van der Waals surface area contributed by atoms with Gasteiger partial charge in [0.2, 0.25) is 0 Å². The van der Waals surface area contributed by atoms with E-state index in [0.717, 1.165) is 30.8 Å². The number of likely N-dealkylation sites (tertiary alicyclic amines) is 1. The number of aliphatic hydroxyl groups excluding tert-OH is 1. The predicted octanol–water partition coefficient (Wildman–Crippen LogP) is 2.27. The number of carbonyl (C=O) groups excluding carboxylic acids is 1. The van der Waals surface area contributed by atoms with Crippen LogP contribution in [0.5, 0.6) is 0 Å². The lowest BCUT2D eigenvalue weighted by Crippen LogP contribution is -2.40. The minimum absolute atomic E-state index is 0.0213. The molecular weight excluding hydrogens is 252 g/mol. The Balaban J connectivity index is 2.30. The lowest BCUT2D eigenvalue weighted by Gasteiger charge is -2.26. The van der Waals surface area contributed by atoms with Crippen LogP contribution in [0.3, 0.4) is 0 Å². The summed E-state index contributed by atoms with van der Waals surface area (Å²) in [5, 5.41) is 12.8. The maximum Gasteiger partial charge on any atom is 0.256 e. The fourth-order valence-electron chi connectivity index (χ4n) is 2.87. The zero-order valence-electron chi connectivity index (χ0n) is 12.5. The molecule has 1 aliphatic heterocycles. The lowest BCUT2D eigenvalue weighted by atomic mass is 10.0. The van der Waals surface area contributed by atoms with Gasteiger partial charge in [0.05, 0.1) is 18.2 Å². The molecule has 1 fully saturated rings. The van der Waals surface area contributed by atoms with Crippen LogP contribution in [-0.4, -0.2) is 41.7 Å². The van der Waals surface area contributed by atoms with E-state index in [2.05, 4.69) is 12.2 Å². The van der Waals surface area contributed by atoms with Crippen LogP contribution in [-0.2, 0) is 0 Å². The SMILES string of the molecule is CCNc1ccc(C)cc1C(=O)N1CCC(C)C1CO. The second-order valence-corrected chi connectivity index (χ2v) is 5.59. The van der Waals surface area contributed by atoms with E-state index in [1.54, 1.807) is 0 Å². The molecule has 0 spiro atoms. The number of hydrogen-bond donors (Lipinski definition) is 2. The molecule has 2 N–H and O–H groups in total. The Kier molecular flexibility index (Phi) is 4.65. The third-order valence-electron chi connectivity index (χ3n) is 4.10. The molecule has 2 rings (SSSR count). The van der Waals surface area contributed by atoms with Crippen molar-refractivity contribution >= 4 is 11.6 Å². The van der Waals surface area contributed by atoms with Gasteiger partial charge in [0.1, 0.15) is 0 Å². The number of rotatable bonds is 4. The van der Waals surface area contributed by atoms with Crippen LogP contribution in [0.15, 0.2) is 18.2 Å². The molecule has 0 aromatic heterocycles. The number of anilines is 1. The quantitative estimate of drug-likeness (QED) is 0.887. The monoisotopic (exact) mass is 276 g/mol. The summed E-state index contributed by atoms with van der Waals surface area (Å²) in [6.07, 6.45) is 0.958. The lowest BCUT2D eigenvalue weighted by molar-refractivity contribution is 0.0649. The van der Waals surface area contributed by atoms with Crippen LogP contribution < -0.4 is 5.32 Å². The first-order chi connectivity index (χ1) is 9.58. The molecule has 20 heavy (non-hydrogen) atoms. The van der Waals surface area contributed by atoms with E-state index in [4.69, 9.17) is 0 Å². The summed E-state index contributed by atoms with van der Waals surface area (Å²) in [5.41, 5.74) is 2.65. The first kappa shape index (κ1) is 14.9. The maximum atomic E-state index is 12.8. The molecule has 1 aliphatic rings. The van der Waals surface area contributed by atoms with E-state index in [9.17, 15) is 9.90 Å². The maximum absolute atomic E-state index is 12.8. The van der Waals surface area contributed by atoms with E-state index < -0.39 is 0 Å². The van der Waals surface area contributed by atoms with E-state index in [-0.39, 0.29) is 18.6 Å². The standard InChI is InChI=1S/C16H24N2O2/c1-4-17-14-6-5-11(2)9-13(14)16(20)18-8-7-12(3)15(18)10-19/h5-6,9,12,15,17,19H,4,7-8,10H2,1-3H3. The van der Waals surface area contributed by atoms with Crippen molar-refractivity contribution in [1.29, 1.82) is 0 Å². The number of nitrogens with zero attached hydrogens (tertiary/aromatic N) is 1. The van der Waals surface area contributed by atoms with E-state index in [1.807, 2.05) is 36.9 Å². The first-order valence-electron chi connectivity index (χ1n) is 7.34. The van der Waals surface area contributed by atoms with Gasteiger partial charge in [-0.15, -0.1) is 0 Å². The Morgan fingerprint density at radius 3 is 2.90 bits per heavy atom. The Morgan fingerprint density at radius 1 is 1.50 bits per heavy atom. The van der Waals surface area contributed by atoms with Crippen molar-refractivity contribution in [2.24, 2.45) is 5.92 Å². The normalized spacial score (nSPS) is 22.1.